The van der Waals surface area contributed by atoms with E-state index in [-0.39, 0.29) is 42.0 Å². The summed E-state index contributed by atoms with van der Waals surface area (Å²) in [5.74, 6) is -0.841. The molecule has 3 amide bonds. The third-order valence-corrected chi connectivity index (χ3v) is 6.85. The Morgan fingerprint density at radius 3 is 2.43 bits per heavy atom. The molecule has 2 heterocycles. The summed E-state index contributed by atoms with van der Waals surface area (Å²) in [5.41, 5.74) is 6.66. The lowest BCUT2D eigenvalue weighted by atomic mass is 10.0. The first-order valence-electron chi connectivity index (χ1n) is 12.5. The summed E-state index contributed by atoms with van der Waals surface area (Å²) in [4.78, 5) is 55.7. The van der Waals surface area contributed by atoms with Crippen LogP contribution in [0.25, 0.3) is 0 Å². The molecule has 0 radical (unpaired) electrons. The Morgan fingerprint density at radius 2 is 1.83 bits per heavy atom. The number of ketones is 1. The third-order valence-electron chi connectivity index (χ3n) is 6.85. The van der Waals surface area contributed by atoms with Crippen LogP contribution >= 0.6 is 0 Å². The smallest absolute Gasteiger partial charge is 0.252 e. The molecule has 3 rings (SSSR count). The molecule has 35 heavy (non-hydrogen) atoms. The van der Waals surface area contributed by atoms with Gasteiger partial charge in [-0.2, -0.15) is 0 Å². The second-order valence-electron chi connectivity index (χ2n) is 9.91. The minimum Gasteiger partial charge on any atom is -0.399 e. The molecule has 2 saturated heterocycles. The topological polar surface area (TPSA) is 122 Å². The number of nitrogens with two attached hydrogens (primary N) is 1. The quantitative estimate of drug-likeness (QED) is 0.488. The van der Waals surface area contributed by atoms with Crippen LogP contribution in [0, 0.1) is 5.92 Å². The van der Waals surface area contributed by atoms with Gasteiger partial charge in [0.15, 0.2) is 5.78 Å². The van der Waals surface area contributed by atoms with Gasteiger partial charge < -0.3 is 25.6 Å². The fourth-order valence-electron chi connectivity index (χ4n) is 5.04. The molecule has 2 aliphatic heterocycles. The fraction of sp³-hybridized carbons (Fsp3) is 0.615. The molecule has 0 saturated carbocycles. The molecule has 9 heteroatoms. The number of ether oxygens (including phenoxy) is 1. The van der Waals surface area contributed by atoms with Crippen molar-refractivity contribution in [2.75, 3.05) is 25.9 Å². The molecule has 0 spiro atoms. The number of likely N-dealkylation sites (tertiary alicyclic amines) is 2. The van der Waals surface area contributed by atoms with Gasteiger partial charge in [0, 0.05) is 24.9 Å². The van der Waals surface area contributed by atoms with Crippen LogP contribution in [-0.4, -0.2) is 77.7 Å². The molecule has 2 fully saturated rings. The summed E-state index contributed by atoms with van der Waals surface area (Å²) < 4.78 is 5.42. The SMILES string of the molecule is CCCCC(OC)C(=O)N1CC(=O)C2C1CCN2C(=O)C(CC(C)C)NC(=O)c1ccc(N)cc1. The minimum atomic E-state index is -0.771. The summed E-state index contributed by atoms with van der Waals surface area (Å²) in [6.45, 7) is 6.35. The van der Waals surface area contributed by atoms with Crippen LogP contribution in [0.5, 0.6) is 0 Å². The molecule has 0 aromatic heterocycles. The van der Waals surface area contributed by atoms with Gasteiger partial charge in [-0.25, -0.2) is 0 Å². The molecule has 3 N–H and O–H groups in total. The van der Waals surface area contributed by atoms with Crippen molar-refractivity contribution in [1.29, 1.82) is 0 Å². The highest BCUT2D eigenvalue weighted by Crippen LogP contribution is 2.32. The molecule has 1 aromatic carbocycles. The van der Waals surface area contributed by atoms with Gasteiger partial charge in [-0.1, -0.05) is 33.6 Å². The molecule has 2 aliphatic rings. The zero-order valence-electron chi connectivity index (χ0n) is 21.2. The third kappa shape index (κ3) is 6.01. The van der Waals surface area contributed by atoms with Crippen LogP contribution in [0.2, 0.25) is 0 Å². The summed E-state index contributed by atoms with van der Waals surface area (Å²) in [6, 6.07) is 4.69. The second-order valence-corrected chi connectivity index (χ2v) is 9.91. The lowest BCUT2D eigenvalue weighted by molar-refractivity contribution is -0.144. The number of hydrogen-bond acceptors (Lipinski definition) is 6. The van der Waals surface area contributed by atoms with Crippen molar-refractivity contribution < 1.29 is 23.9 Å². The number of fused-ring (bicyclic) bond motifs is 1. The minimum absolute atomic E-state index is 0.0173. The number of methoxy groups -OCH3 is 1. The lowest BCUT2D eigenvalue weighted by Gasteiger charge is -2.29. The molecular formula is C26H38N4O5. The molecule has 4 unspecified atom stereocenters. The molecule has 192 valence electrons. The predicted molar refractivity (Wildman–Crippen MR) is 133 cm³/mol. The Morgan fingerprint density at radius 1 is 1.14 bits per heavy atom. The van der Waals surface area contributed by atoms with Gasteiger partial charge in [0.1, 0.15) is 18.2 Å². The number of nitrogens with one attached hydrogen (secondary N) is 1. The Balaban J connectivity index is 1.75. The van der Waals surface area contributed by atoms with Crippen LogP contribution in [0.15, 0.2) is 24.3 Å². The molecule has 0 aliphatic carbocycles. The highest BCUT2D eigenvalue weighted by atomic mass is 16.5. The standard InChI is InChI=1S/C26H38N4O5/c1-5-6-7-22(35-4)26(34)30-15-21(31)23-20(30)12-13-29(23)25(33)19(14-16(2)3)28-24(32)17-8-10-18(27)11-9-17/h8-11,16,19-20,22-23H,5-7,12-15,27H2,1-4H3,(H,28,32). The van der Waals surface area contributed by atoms with Gasteiger partial charge in [0.25, 0.3) is 11.8 Å². The first-order chi connectivity index (χ1) is 16.7. The van der Waals surface area contributed by atoms with Crippen LogP contribution in [-0.2, 0) is 19.1 Å². The monoisotopic (exact) mass is 486 g/mol. The number of nitrogen functional groups attached to an aromatic ring is 1. The van der Waals surface area contributed by atoms with Gasteiger partial charge in [0.2, 0.25) is 5.91 Å². The van der Waals surface area contributed by atoms with E-state index < -0.39 is 18.2 Å². The van der Waals surface area contributed by atoms with Crippen molar-refractivity contribution in [3.8, 4) is 0 Å². The van der Waals surface area contributed by atoms with Gasteiger partial charge >= 0.3 is 0 Å². The average molecular weight is 487 g/mol. The van der Waals surface area contributed by atoms with Crippen LogP contribution in [0.4, 0.5) is 5.69 Å². The lowest BCUT2D eigenvalue weighted by Crippen LogP contribution is -2.53. The van der Waals surface area contributed by atoms with Crippen LogP contribution < -0.4 is 11.1 Å². The number of rotatable bonds is 10. The van der Waals surface area contributed by atoms with E-state index in [1.54, 1.807) is 34.1 Å². The van der Waals surface area contributed by atoms with E-state index in [4.69, 9.17) is 10.5 Å². The number of carbonyl (C=O) groups is 4. The second kappa shape index (κ2) is 11.7. The number of anilines is 1. The molecule has 1 aromatic rings. The summed E-state index contributed by atoms with van der Waals surface area (Å²) in [6.07, 6.45) is 2.78. The van der Waals surface area contributed by atoms with E-state index in [0.717, 1.165) is 12.8 Å². The number of carbonyl (C=O) groups excluding carboxylic acids is 4. The van der Waals surface area contributed by atoms with E-state index in [1.807, 2.05) is 20.8 Å². The van der Waals surface area contributed by atoms with Crippen molar-refractivity contribution >= 4 is 29.2 Å². The highest BCUT2D eigenvalue weighted by Gasteiger charge is 2.52. The maximum absolute atomic E-state index is 13.6. The zero-order chi connectivity index (χ0) is 25.7. The van der Waals surface area contributed by atoms with Crippen LogP contribution in [0.3, 0.4) is 0 Å². The maximum atomic E-state index is 13.6. The van der Waals surface area contributed by atoms with Gasteiger partial charge in [-0.3, -0.25) is 19.2 Å². The zero-order valence-corrected chi connectivity index (χ0v) is 21.2. The van der Waals surface area contributed by atoms with Crippen molar-refractivity contribution in [3.05, 3.63) is 29.8 Å². The number of unbranched alkanes of at least 4 members (excludes halogenated alkanes) is 1. The van der Waals surface area contributed by atoms with E-state index in [9.17, 15) is 19.2 Å². The van der Waals surface area contributed by atoms with Crippen molar-refractivity contribution in [2.45, 2.75) is 77.1 Å². The van der Waals surface area contributed by atoms with E-state index in [0.29, 0.717) is 37.1 Å². The first kappa shape index (κ1) is 26.7. The summed E-state index contributed by atoms with van der Waals surface area (Å²) in [7, 11) is 1.51. The predicted octanol–water partition coefficient (Wildman–Crippen LogP) is 2.00. The van der Waals surface area contributed by atoms with Crippen LogP contribution in [0.1, 0.15) is 63.2 Å². The Labute approximate surface area is 207 Å². The first-order valence-corrected chi connectivity index (χ1v) is 12.5. The average Bonchev–Trinajstić information content (AvgIpc) is 3.40. The van der Waals surface area contributed by atoms with Crippen molar-refractivity contribution in [3.63, 3.8) is 0 Å². The molecule has 0 bridgehead atoms. The Kier molecular flexibility index (Phi) is 8.88. The van der Waals surface area contributed by atoms with Crippen molar-refractivity contribution in [2.24, 2.45) is 5.92 Å². The normalized spacial score (nSPS) is 21.2. The van der Waals surface area contributed by atoms with E-state index >= 15 is 0 Å². The number of benzene rings is 1. The fourth-order valence-corrected chi connectivity index (χ4v) is 5.04. The number of hydrogen-bond donors (Lipinski definition) is 2. The van der Waals surface area contributed by atoms with E-state index in [2.05, 4.69) is 5.32 Å². The van der Waals surface area contributed by atoms with Crippen molar-refractivity contribution in [1.82, 2.24) is 15.1 Å². The molecular weight excluding hydrogens is 448 g/mol. The Bertz CT molecular complexity index is 932. The van der Waals surface area contributed by atoms with E-state index in [1.165, 1.54) is 7.11 Å². The van der Waals surface area contributed by atoms with Gasteiger partial charge in [-0.15, -0.1) is 0 Å². The number of nitrogens with zero attached hydrogens (tertiary/aromatic N) is 2. The molecule has 9 nitrogen and oxygen atoms in total. The summed E-state index contributed by atoms with van der Waals surface area (Å²) in [5, 5.41) is 2.86. The highest BCUT2D eigenvalue weighted by molar-refractivity contribution is 6.01. The summed E-state index contributed by atoms with van der Waals surface area (Å²) >= 11 is 0. The number of amides is 3. The van der Waals surface area contributed by atoms with Gasteiger partial charge in [0.05, 0.1) is 12.6 Å². The number of Topliss-reactive ketones (excluding diaryl/α,β-unsaturated/α-hetero) is 1. The van der Waals surface area contributed by atoms with Gasteiger partial charge in [-0.05, 0) is 49.4 Å². The largest absolute Gasteiger partial charge is 0.399 e. The molecule has 4 atom stereocenters. The Hall–Kier alpha value is -2.94. The maximum Gasteiger partial charge on any atom is 0.252 e.